The lowest BCUT2D eigenvalue weighted by molar-refractivity contribution is -0.122. The first-order valence-electron chi connectivity index (χ1n) is 9.29. The lowest BCUT2D eigenvalue weighted by atomic mass is 10.0. The zero-order chi connectivity index (χ0) is 20.7. The second-order valence-corrected chi connectivity index (χ2v) is 8.82. The van der Waals surface area contributed by atoms with Crippen LogP contribution in [-0.2, 0) is 21.4 Å². The van der Waals surface area contributed by atoms with E-state index in [4.69, 9.17) is 4.74 Å². The van der Waals surface area contributed by atoms with Gasteiger partial charge in [-0.15, -0.1) is 0 Å². The van der Waals surface area contributed by atoms with Crippen LogP contribution in [0.3, 0.4) is 0 Å². The van der Waals surface area contributed by atoms with Gasteiger partial charge in [-0.05, 0) is 41.7 Å². The number of rotatable bonds is 9. The molecule has 152 valence electrons. The average molecular weight is 405 g/mol. The van der Waals surface area contributed by atoms with Crippen LogP contribution in [0.1, 0.15) is 44.2 Å². The van der Waals surface area contributed by atoms with Gasteiger partial charge in [-0.25, -0.2) is 13.1 Å². The fraction of sp³-hybridized carbons (Fsp3) is 0.381. The first kappa shape index (κ1) is 21.9. The van der Waals surface area contributed by atoms with Crippen LogP contribution in [0.25, 0.3) is 0 Å². The van der Waals surface area contributed by atoms with E-state index in [1.54, 1.807) is 24.3 Å². The van der Waals surface area contributed by atoms with Crippen molar-refractivity contribution in [3.8, 4) is 5.75 Å². The molecular weight excluding hydrogens is 376 g/mol. The number of amides is 1. The molecule has 2 aromatic carbocycles. The predicted molar refractivity (Wildman–Crippen MR) is 112 cm³/mol. The molecule has 0 aliphatic rings. The molecule has 7 heteroatoms. The molecule has 2 N–H and O–H groups in total. The fourth-order valence-electron chi connectivity index (χ4n) is 2.68. The maximum absolute atomic E-state index is 12.6. The molecule has 0 spiro atoms. The highest BCUT2D eigenvalue weighted by Crippen LogP contribution is 2.27. The van der Waals surface area contributed by atoms with Crippen LogP contribution >= 0.6 is 0 Å². The minimum absolute atomic E-state index is 0.208. The molecule has 1 atom stereocenters. The second-order valence-electron chi connectivity index (χ2n) is 6.99. The molecule has 0 bridgehead atoms. The largest absolute Gasteiger partial charge is 0.480 e. The molecule has 2 rings (SSSR count). The van der Waals surface area contributed by atoms with E-state index < -0.39 is 16.1 Å². The Balaban J connectivity index is 2.02. The summed E-state index contributed by atoms with van der Waals surface area (Å²) in [6, 6.07) is 14.8. The number of carbonyl (C=O) groups excluding carboxylic acids is 1. The zero-order valence-corrected chi connectivity index (χ0v) is 17.5. The summed E-state index contributed by atoms with van der Waals surface area (Å²) in [5.41, 5.74) is 2.50. The summed E-state index contributed by atoms with van der Waals surface area (Å²) in [4.78, 5) is 12.6. The van der Waals surface area contributed by atoms with Crippen molar-refractivity contribution in [1.29, 1.82) is 0 Å². The number of hydrogen-bond donors (Lipinski definition) is 2. The molecular formula is C21H28N2O4S. The minimum Gasteiger partial charge on any atom is -0.480 e. The molecule has 0 radical (unpaired) electrons. The number of sulfonamides is 1. The topological polar surface area (TPSA) is 84.5 Å². The van der Waals surface area contributed by atoms with Gasteiger partial charge in [0.2, 0.25) is 10.0 Å². The van der Waals surface area contributed by atoms with Gasteiger partial charge in [0, 0.05) is 12.2 Å². The number of ether oxygens (including phenoxy) is 1. The Bertz CT molecular complexity index is 893. The number of carbonyl (C=O) groups is 1. The van der Waals surface area contributed by atoms with E-state index in [1.807, 2.05) is 31.2 Å². The van der Waals surface area contributed by atoms with Gasteiger partial charge >= 0.3 is 0 Å². The van der Waals surface area contributed by atoms with Gasteiger partial charge in [0.25, 0.3) is 5.91 Å². The lowest BCUT2D eigenvalue weighted by Crippen LogP contribution is -2.32. The smallest absolute Gasteiger partial charge is 0.265 e. The van der Waals surface area contributed by atoms with Crippen molar-refractivity contribution in [2.24, 2.45) is 0 Å². The predicted octanol–water partition coefficient (Wildman–Crippen LogP) is 3.66. The molecule has 0 fully saturated rings. The molecule has 0 saturated carbocycles. The SMILES string of the molecule is CCC(Oc1ccccc1C(C)C)C(=O)Nc1ccc(CNS(C)(=O)=O)cc1. The Morgan fingerprint density at radius 1 is 1.07 bits per heavy atom. The Labute approximate surface area is 167 Å². The third-order valence-electron chi connectivity index (χ3n) is 4.23. The summed E-state index contributed by atoms with van der Waals surface area (Å²) in [7, 11) is -3.24. The average Bonchev–Trinajstić information content (AvgIpc) is 2.65. The Morgan fingerprint density at radius 2 is 1.71 bits per heavy atom. The summed E-state index contributed by atoms with van der Waals surface area (Å²) < 4.78 is 30.8. The van der Waals surface area contributed by atoms with E-state index in [2.05, 4.69) is 23.9 Å². The number of benzene rings is 2. The summed E-state index contributed by atoms with van der Waals surface area (Å²) in [5, 5.41) is 2.86. The molecule has 6 nitrogen and oxygen atoms in total. The van der Waals surface area contributed by atoms with Crippen LogP contribution in [0, 0.1) is 0 Å². The zero-order valence-electron chi connectivity index (χ0n) is 16.7. The van der Waals surface area contributed by atoms with Crippen LogP contribution in [0.15, 0.2) is 48.5 Å². The van der Waals surface area contributed by atoms with E-state index in [-0.39, 0.29) is 12.5 Å². The van der Waals surface area contributed by atoms with Gasteiger partial charge in [0.05, 0.1) is 6.26 Å². The number of para-hydroxylation sites is 1. The standard InChI is InChI=1S/C21H28N2O4S/c1-5-19(27-20-9-7-6-8-18(20)15(2)3)21(24)23-17-12-10-16(11-13-17)14-22-28(4,25)26/h6-13,15,19,22H,5,14H2,1-4H3,(H,23,24). The first-order chi connectivity index (χ1) is 13.2. The Hall–Kier alpha value is -2.38. The molecule has 0 heterocycles. The molecule has 0 aliphatic heterocycles. The van der Waals surface area contributed by atoms with Crippen molar-refractivity contribution in [2.45, 2.75) is 45.8 Å². The van der Waals surface area contributed by atoms with Gasteiger partial charge in [0.15, 0.2) is 6.10 Å². The lowest BCUT2D eigenvalue weighted by Gasteiger charge is -2.20. The van der Waals surface area contributed by atoms with Crippen LogP contribution in [-0.4, -0.2) is 26.7 Å². The third-order valence-corrected chi connectivity index (χ3v) is 4.90. The summed E-state index contributed by atoms with van der Waals surface area (Å²) in [6.07, 6.45) is 1.05. The van der Waals surface area contributed by atoms with Crippen LogP contribution < -0.4 is 14.8 Å². The molecule has 28 heavy (non-hydrogen) atoms. The Kier molecular flexibility index (Phi) is 7.60. The highest BCUT2D eigenvalue weighted by atomic mass is 32.2. The minimum atomic E-state index is -3.24. The van der Waals surface area contributed by atoms with Gasteiger partial charge in [-0.2, -0.15) is 0 Å². The van der Waals surface area contributed by atoms with Crippen molar-refractivity contribution in [1.82, 2.24) is 4.72 Å². The van der Waals surface area contributed by atoms with Crippen molar-refractivity contribution in [2.75, 3.05) is 11.6 Å². The van der Waals surface area contributed by atoms with E-state index in [1.165, 1.54) is 0 Å². The Morgan fingerprint density at radius 3 is 2.29 bits per heavy atom. The van der Waals surface area contributed by atoms with Crippen molar-refractivity contribution < 1.29 is 17.9 Å². The van der Waals surface area contributed by atoms with E-state index in [0.717, 1.165) is 23.1 Å². The van der Waals surface area contributed by atoms with Crippen molar-refractivity contribution in [3.05, 3.63) is 59.7 Å². The molecule has 0 aliphatic carbocycles. The third kappa shape index (κ3) is 6.65. The fourth-order valence-corrected chi connectivity index (χ4v) is 3.11. The summed E-state index contributed by atoms with van der Waals surface area (Å²) in [6.45, 7) is 6.29. The first-order valence-corrected chi connectivity index (χ1v) is 11.2. The maximum Gasteiger partial charge on any atom is 0.265 e. The molecule has 1 amide bonds. The highest BCUT2D eigenvalue weighted by molar-refractivity contribution is 7.88. The molecule has 2 aromatic rings. The quantitative estimate of drug-likeness (QED) is 0.668. The number of nitrogens with one attached hydrogen (secondary N) is 2. The number of hydrogen-bond acceptors (Lipinski definition) is 4. The second kappa shape index (κ2) is 9.71. The maximum atomic E-state index is 12.6. The van der Waals surface area contributed by atoms with Crippen molar-refractivity contribution in [3.63, 3.8) is 0 Å². The van der Waals surface area contributed by atoms with Crippen molar-refractivity contribution >= 4 is 21.6 Å². The van der Waals surface area contributed by atoms with Crippen LogP contribution in [0.5, 0.6) is 5.75 Å². The molecule has 0 saturated heterocycles. The van der Waals surface area contributed by atoms with E-state index in [0.29, 0.717) is 18.0 Å². The highest BCUT2D eigenvalue weighted by Gasteiger charge is 2.20. The normalized spacial score (nSPS) is 12.6. The van der Waals surface area contributed by atoms with Gasteiger partial charge in [-0.3, -0.25) is 4.79 Å². The molecule has 0 aromatic heterocycles. The van der Waals surface area contributed by atoms with Crippen LogP contribution in [0.4, 0.5) is 5.69 Å². The van der Waals surface area contributed by atoms with Gasteiger partial charge in [-0.1, -0.05) is 51.1 Å². The van der Waals surface area contributed by atoms with E-state index >= 15 is 0 Å². The monoisotopic (exact) mass is 404 g/mol. The summed E-state index contributed by atoms with van der Waals surface area (Å²) >= 11 is 0. The summed E-state index contributed by atoms with van der Waals surface area (Å²) in [5.74, 6) is 0.801. The van der Waals surface area contributed by atoms with Gasteiger partial charge in [0.1, 0.15) is 5.75 Å². The van der Waals surface area contributed by atoms with Gasteiger partial charge < -0.3 is 10.1 Å². The van der Waals surface area contributed by atoms with E-state index in [9.17, 15) is 13.2 Å². The molecule has 1 unspecified atom stereocenters. The van der Waals surface area contributed by atoms with Crippen LogP contribution in [0.2, 0.25) is 0 Å². The number of anilines is 1.